The van der Waals surface area contributed by atoms with Gasteiger partial charge in [0.05, 0.1) is 5.69 Å². The maximum atomic E-state index is 12.4. The first kappa shape index (κ1) is 11.2. The monoisotopic (exact) mass is 258 g/mol. The van der Waals surface area contributed by atoms with Crippen LogP contribution in [0.4, 0.5) is 5.69 Å². The number of benzene rings is 1. The molecule has 4 heteroatoms. The van der Waals surface area contributed by atoms with E-state index in [0.29, 0.717) is 11.4 Å². The number of carbonyl (C=O) groups is 1. The van der Waals surface area contributed by atoms with Crippen LogP contribution in [0.3, 0.4) is 0 Å². The number of fused-ring (bicyclic) bond motifs is 1. The number of hydrogen-bond acceptors (Lipinski definition) is 2. The van der Waals surface area contributed by atoms with Gasteiger partial charge in [0.2, 0.25) is 0 Å². The molecule has 2 aliphatic rings. The highest BCUT2D eigenvalue weighted by atomic mass is 35.5. The van der Waals surface area contributed by atoms with Crippen molar-refractivity contribution in [1.29, 1.82) is 0 Å². The third-order valence-electron chi connectivity index (χ3n) is 3.12. The Bertz CT molecular complexity index is 611. The van der Waals surface area contributed by atoms with Crippen molar-refractivity contribution in [1.82, 2.24) is 0 Å². The van der Waals surface area contributed by atoms with E-state index in [9.17, 15) is 4.79 Å². The van der Waals surface area contributed by atoms with Crippen molar-refractivity contribution >= 4 is 29.0 Å². The van der Waals surface area contributed by atoms with Gasteiger partial charge in [0.15, 0.2) is 0 Å². The molecule has 0 atom stereocenters. The number of amides is 1. The van der Waals surface area contributed by atoms with Crippen LogP contribution in [0, 0.1) is 0 Å². The molecule has 0 N–H and O–H groups in total. The van der Waals surface area contributed by atoms with Gasteiger partial charge < -0.3 is 0 Å². The fourth-order valence-corrected chi connectivity index (χ4v) is 2.38. The summed E-state index contributed by atoms with van der Waals surface area (Å²) < 4.78 is 0. The van der Waals surface area contributed by atoms with E-state index < -0.39 is 0 Å². The molecule has 0 radical (unpaired) electrons. The minimum absolute atomic E-state index is 0.0120. The number of rotatable bonds is 2. The van der Waals surface area contributed by atoms with Crippen molar-refractivity contribution in [2.24, 2.45) is 4.99 Å². The number of halogens is 1. The Morgan fingerprint density at radius 2 is 2.00 bits per heavy atom. The average molecular weight is 259 g/mol. The van der Waals surface area contributed by atoms with Gasteiger partial charge in [-0.25, -0.2) is 4.99 Å². The molecule has 0 aliphatic carbocycles. The Balaban J connectivity index is 2.06. The molecule has 0 saturated heterocycles. The number of hydrogen-bond donors (Lipinski definition) is 0. The van der Waals surface area contributed by atoms with Crippen molar-refractivity contribution < 1.29 is 4.79 Å². The predicted octanol–water partition coefficient (Wildman–Crippen LogP) is 3.32. The molecule has 0 aromatic heterocycles. The van der Waals surface area contributed by atoms with E-state index in [4.69, 9.17) is 11.6 Å². The van der Waals surface area contributed by atoms with Crippen LogP contribution in [0.1, 0.15) is 13.3 Å². The van der Waals surface area contributed by atoms with E-state index >= 15 is 0 Å². The maximum absolute atomic E-state index is 12.4. The number of anilines is 1. The molecular formula is C14H11ClN2O. The molecule has 2 aliphatic heterocycles. The number of amidine groups is 1. The van der Waals surface area contributed by atoms with Crippen molar-refractivity contribution in [3.05, 3.63) is 52.7 Å². The van der Waals surface area contributed by atoms with E-state index in [1.54, 1.807) is 23.2 Å². The van der Waals surface area contributed by atoms with E-state index in [0.717, 1.165) is 22.7 Å². The molecule has 0 spiro atoms. The maximum Gasteiger partial charge on any atom is 0.260 e. The van der Waals surface area contributed by atoms with Crippen molar-refractivity contribution in [3.63, 3.8) is 0 Å². The summed E-state index contributed by atoms with van der Waals surface area (Å²) in [6, 6.07) is 7.21. The molecule has 0 unspecified atom stereocenters. The first-order chi connectivity index (χ1) is 8.72. The first-order valence-electron chi connectivity index (χ1n) is 5.80. The summed E-state index contributed by atoms with van der Waals surface area (Å²) in [6.45, 7) is 1.98. The van der Waals surface area contributed by atoms with Crippen LogP contribution < -0.4 is 4.90 Å². The van der Waals surface area contributed by atoms with Gasteiger partial charge in [0, 0.05) is 22.4 Å². The SMILES string of the molecule is CCC1=C2C=CN=C2N(c2ccc(Cl)cc2)C1=O. The largest absolute Gasteiger partial charge is 0.269 e. The van der Waals surface area contributed by atoms with Gasteiger partial charge >= 0.3 is 0 Å². The van der Waals surface area contributed by atoms with Gasteiger partial charge in [0.25, 0.3) is 5.91 Å². The third kappa shape index (κ3) is 1.51. The van der Waals surface area contributed by atoms with Crippen LogP contribution >= 0.6 is 11.6 Å². The molecular weight excluding hydrogens is 248 g/mol. The lowest BCUT2D eigenvalue weighted by Crippen LogP contribution is -2.31. The number of carbonyl (C=O) groups excluding carboxylic acids is 1. The minimum Gasteiger partial charge on any atom is -0.269 e. The summed E-state index contributed by atoms with van der Waals surface area (Å²) in [7, 11) is 0. The Morgan fingerprint density at radius 1 is 1.28 bits per heavy atom. The average Bonchev–Trinajstić information content (AvgIpc) is 2.90. The summed E-state index contributed by atoms with van der Waals surface area (Å²) >= 11 is 5.87. The lowest BCUT2D eigenvalue weighted by Gasteiger charge is -2.17. The zero-order valence-electron chi connectivity index (χ0n) is 9.85. The molecule has 1 aromatic rings. The van der Waals surface area contributed by atoms with Gasteiger partial charge in [-0.3, -0.25) is 9.69 Å². The van der Waals surface area contributed by atoms with Gasteiger partial charge in [-0.2, -0.15) is 0 Å². The van der Waals surface area contributed by atoms with Crippen molar-refractivity contribution in [3.8, 4) is 0 Å². The fourth-order valence-electron chi connectivity index (χ4n) is 2.26. The van der Waals surface area contributed by atoms with Crippen LogP contribution in [0.25, 0.3) is 0 Å². The normalized spacial score (nSPS) is 17.6. The Hall–Kier alpha value is -1.87. The standard InChI is InChI=1S/C14H11ClN2O/c1-2-11-12-7-8-16-13(12)17(14(11)18)10-5-3-9(15)4-6-10/h3-8H,2H2,1H3. The zero-order chi connectivity index (χ0) is 12.7. The summed E-state index contributed by atoms with van der Waals surface area (Å²) in [5, 5.41) is 0.653. The minimum atomic E-state index is 0.0120. The van der Waals surface area contributed by atoms with Crippen molar-refractivity contribution in [2.45, 2.75) is 13.3 Å². The van der Waals surface area contributed by atoms with Gasteiger partial charge in [-0.05, 0) is 36.8 Å². The Kier molecular flexibility index (Phi) is 2.56. The molecule has 1 aromatic carbocycles. The molecule has 1 amide bonds. The van der Waals surface area contributed by atoms with Crippen LogP contribution in [-0.2, 0) is 4.79 Å². The summed E-state index contributed by atoms with van der Waals surface area (Å²) in [5.41, 5.74) is 2.56. The lowest BCUT2D eigenvalue weighted by molar-refractivity contribution is -0.114. The highest BCUT2D eigenvalue weighted by Gasteiger charge is 2.36. The molecule has 90 valence electrons. The van der Waals surface area contributed by atoms with Gasteiger partial charge in [-0.1, -0.05) is 18.5 Å². The van der Waals surface area contributed by atoms with Gasteiger partial charge in [0.1, 0.15) is 5.84 Å². The van der Waals surface area contributed by atoms with E-state index in [-0.39, 0.29) is 5.91 Å². The predicted molar refractivity (Wildman–Crippen MR) is 72.8 cm³/mol. The molecule has 18 heavy (non-hydrogen) atoms. The van der Waals surface area contributed by atoms with E-state index in [2.05, 4.69) is 4.99 Å². The zero-order valence-corrected chi connectivity index (χ0v) is 10.6. The van der Waals surface area contributed by atoms with E-state index in [1.807, 2.05) is 25.1 Å². The molecule has 3 rings (SSSR count). The van der Waals surface area contributed by atoms with Crippen LogP contribution in [0.15, 0.2) is 52.7 Å². The smallest absolute Gasteiger partial charge is 0.260 e. The van der Waals surface area contributed by atoms with Crippen molar-refractivity contribution in [2.75, 3.05) is 4.90 Å². The van der Waals surface area contributed by atoms with Gasteiger partial charge in [-0.15, -0.1) is 0 Å². The highest BCUT2D eigenvalue weighted by molar-refractivity contribution is 6.36. The van der Waals surface area contributed by atoms with Crippen LogP contribution in [0.2, 0.25) is 5.02 Å². The third-order valence-corrected chi connectivity index (χ3v) is 3.37. The molecule has 0 saturated carbocycles. The first-order valence-corrected chi connectivity index (χ1v) is 6.18. The Labute approximate surface area is 110 Å². The second-order valence-corrected chi connectivity index (χ2v) is 4.57. The highest BCUT2D eigenvalue weighted by Crippen LogP contribution is 2.32. The Morgan fingerprint density at radius 3 is 2.67 bits per heavy atom. The molecule has 0 bridgehead atoms. The molecule has 3 nitrogen and oxygen atoms in total. The van der Waals surface area contributed by atoms with Crippen LogP contribution in [0.5, 0.6) is 0 Å². The quantitative estimate of drug-likeness (QED) is 0.801. The van der Waals surface area contributed by atoms with Crippen LogP contribution in [-0.4, -0.2) is 11.7 Å². The summed E-state index contributed by atoms with van der Waals surface area (Å²) in [4.78, 5) is 18.3. The summed E-state index contributed by atoms with van der Waals surface area (Å²) in [6.07, 6.45) is 4.33. The molecule has 2 heterocycles. The second-order valence-electron chi connectivity index (χ2n) is 4.13. The number of nitrogens with zero attached hydrogens (tertiary/aromatic N) is 2. The fraction of sp³-hybridized carbons (Fsp3) is 0.143. The lowest BCUT2D eigenvalue weighted by atomic mass is 10.1. The second kappa shape index (κ2) is 4.10. The topological polar surface area (TPSA) is 32.7 Å². The number of aliphatic imine (C=N–C) groups is 1. The molecule has 0 fully saturated rings. The summed E-state index contributed by atoms with van der Waals surface area (Å²) in [5.74, 6) is 0.733. The van der Waals surface area contributed by atoms with E-state index in [1.165, 1.54) is 0 Å².